The highest BCUT2D eigenvalue weighted by Crippen LogP contribution is 2.23. The molecule has 0 aliphatic heterocycles. The molecule has 2 aromatic rings. The number of ether oxygens (including phenoxy) is 1. The van der Waals surface area contributed by atoms with Crippen molar-refractivity contribution in [2.45, 2.75) is 19.6 Å². The highest BCUT2D eigenvalue weighted by Gasteiger charge is 2.07. The second-order valence-corrected chi connectivity index (χ2v) is 3.78. The maximum Gasteiger partial charge on any atom is 0.166 e. The monoisotopic (exact) mass is 229 g/mol. The van der Waals surface area contributed by atoms with Crippen LogP contribution in [0.4, 0.5) is 0 Å². The first kappa shape index (κ1) is 11.5. The molecule has 0 aliphatic rings. The summed E-state index contributed by atoms with van der Waals surface area (Å²) in [5.74, 6) is 1.45. The van der Waals surface area contributed by atoms with Crippen LogP contribution in [0.5, 0.6) is 5.75 Å². The molecule has 0 aliphatic carbocycles. The number of hydrogen-bond donors (Lipinski definition) is 1. The fraction of sp³-hybridized carbons (Fsp3) is 0.231. The Morgan fingerprint density at radius 2 is 1.88 bits per heavy atom. The number of aromatic nitrogens is 2. The van der Waals surface area contributed by atoms with Crippen LogP contribution in [-0.4, -0.2) is 9.97 Å². The zero-order valence-electron chi connectivity index (χ0n) is 9.71. The molecule has 0 amide bonds. The molecule has 88 valence electrons. The maximum atomic E-state index is 5.87. The highest BCUT2D eigenvalue weighted by molar-refractivity contribution is 5.35. The van der Waals surface area contributed by atoms with Crippen molar-refractivity contribution in [1.29, 1.82) is 0 Å². The summed E-state index contributed by atoms with van der Waals surface area (Å²) in [4.78, 5) is 8.20. The molecule has 1 aromatic carbocycles. The smallest absolute Gasteiger partial charge is 0.166 e. The Morgan fingerprint density at radius 1 is 1.18 bits per heavy atom. The second-order valence-electron chi connectivity index (χ2n) is 3.78. The lowest BCUT2D eigenvalue weighted by Crippen LogP contribution is -2.08. The van der Waals surface area contributed by atoms with Crippen LogP contribution in [0.25, 0.3) is 0 Å². The van der Waals surface area contributed by atoms with E-state index in [0.717, 1.165) is 11.3 Å². The van der Waals surface area contributed by atoms with Crippen LogP contribution in [0.15, 0.2) is 42.7 Å². The van der Waals surface area contributed by atoms with Gasteiger partial charge in [-0.05, 0) is 19.1 Å². The molecule has 2 rings (SSSR count). The number of nitrogens with two attached hydrogens (primary N) is 1. The highest BCUT2D eigenvalue weighted by atomic mass is 16.5. The van der Waals surface area contributed by atoms with Gasteiger partial charge in [-0.25, -0.2) is 9.97 Å². The summed E-state index contributed by atoms with van der Waals surface area (Å²) in [5, 5.41) is 0. The van der Waals surface area contributed by atoms with E-state index in [9.17, 15) is 0 Å². The van der Waals surface area contributed by atoms with Crippen LogP contribution in [0.2, 0.25) is 0 Å². The summed E-state index contributed by atoms with van der Waals surface area (Å²) in [6, 6.07) is 9.47. The Bertz CT molecular complexity index is 471. The average Bonchev–Trinajstić information content (AvgIpc) is 2.38. The van der Waals surface area contributed by atoms with Crippen LogP contribution in [0.3, 0.4) is 0 Å². The topological polar surface area (TPSA) is 61.0 Å². The molecular formula is C13H15N3O. The predicted octanol–water partition coefficient (Wildman–Crippen LogP) is 2.08. The minimum absolute atomic E-state index is 0.0529. The molecule has 0 spiro atoms. The fourth-order valence-corrected chi connectivity index (χ4v) is 1.53. The summed E-state index contributed by atoms with van der Waals surface area (Å²) in [6.07, 6.45) is 3.40. The van der Waals surface area contributed by atoms with E-state index in [-0.39, 0.29) is 6.04 Å². The van der Waals surface area contributed by atoms with Crippen molar-refractivity contribution < 1.29 is 4.74 Å². The van der Waals surface area contributed by atoms with Gasteiger partial charge >= 0.3 is 0 Å². The molecule has 0 saturated heterocycles. The standard InChI is InChI=1S/C13H15N3O/c1-10(14)11-5-2-3-6-12(11)17-9-13-15-7-4-8-16-13/h2-8,10H,9,14H2,1H3/t10-/m1/s1. The normalized spacial score (nSPS) is 12.1. The van der Waals surface area contributed by atoms with Crippen molar-refractivity contribution in [3.63, 3.8) is 0 Å². The van der Waals surface area contributed by atoms with Crippen LogP contribution in [-0.2, 0) is 6.61 Å². The van der Waals surface area contributed by atoms with E-state index >= 15 is 0 Å². The van der Waals surface area contributed by atoms with Crippen molar-refractivity contribution in [2.75, 3.05) is 0 Å². The Kier molecular flexibility index (Phi) is 3.67. The molecule has 2 N–H and O–H groups in total. The largest absolute Gasteiger partial charge is 0.485 e. The van der Waals surface area contributed by atoms with Crippen LogP contribution in [0.1, 0.15) is 24.4 Å². The first-order chi connectivity index (χ1) is 8.27. The second kappa shape index (κ2) is 5.41. The molecule has 4 nitrogen and oxygen atoms in total. The van der Waals surface area contributed by atoms with Crippen molar-refractivity contribution in [1.82, 2.24) is 9.97 Å². The zero-order valence-corrected chi connectivity index (χ0v) is 9.71. The molecule has 0 fully saturated rings. The zero-order chi connectivity index (χ0) is 12.1. The third kappa shape index (κ3) is 3.01. The van der Waals surface area contributed by atoms with Gasteiger partial charge in [0.2, 0.25) is 0 Å². The lowest BCUT2D eigenvalue weighted by Gasteiger charge is -2.13. The van der Waals surface area contributed by atoms with E-state index in [4.69, 9.17) is 10.5 Å². The lowest BCUT2D eigenvalue weighted by atomic mass is 10.1. The molecule has 0 bridgehead atoms. The van der Waals surface area contributed by atoms with E-state index in [2.05, 4.69) is 9.97 Å². The van der Waals surface area contributed by atoms with Crippen molar-refractivity contribution in [2.24, 2.45) is 5.73 Å². The summed E-state index contributed by atoms with van der Waals surface area (Å²) < 4.78 is 5.68. The molecule has 1 atom stereocenters. The predicted molar refractivity (Wildman–Crippen MR) is 65.4 cm³/mol. The van der Waals surface area contributed by atoms with Gasteiger partial charge in [-0.2, -0.15) is 0 Å². The summed E-state index contributed by atoms with van der Waals surface area (Å²) in [6.45, 7) is 2.28. The van der Waals surface area contributed by atoms with E-state index in [1.54, 1.807) is 18.5 Å². The summed E-state index contributed by atoms with van der Waals surface area (Å²) in [5.41, 5.74) is 6.86. The summed E-state index contributed by atoms with van der Waals surface area (Å²) >= 11 is 0. The SMILES string of the molecule is C[C@@H](N)c1ccccc1OCc1ncccn1. The number of benzene rings is 1. The minimum atomic E-state index is -0.0529. The Labute approximate surface area is 100 Å². The lowest BCUT2D eigenvalue weighted by molar-refractivity contribution is 0.291. The van der Waals surface area contributed by atoms with Gasteiger partial charge in [-0.15, -0.1) is 0 Å². The first-order valence-electron chi connectivity index (χ1n) is 5.50. The third-order valence-corrected chi connectivity index (χ3v) is 2.39. The molecule has 1 heterocycles. The average molecular weight is 229 g/mol. The van der Waals surface area contributed by atoms with Crippen molar-refractivity contribution >= 4 is 0 Å². The molecular weight excluding hydrogens is 214 g/mol. The molecule has 1 aromatic heterocycles. The molecule has 0 radical (unpaired) electrons. The number of nitrogens with zero attached hydrogens (tertiary/aromatic N) is 2. The summed E-state index contributed by atoms with van der Waals surface area (Å²) in [7, 11) is 0. The fourth-order valence-electron chi connectivity index (χ4n) is 1.53. The van der Waals surface area contributed by atoms with Gasteiger partial charge in [0.05, 0.1) is 0 Å². The maximum absolute atomic E-state index is 5.87. The van der Waals surface area contributed by atoms with Crippen molar-refractivity contribution in [3.05, 3.63) is 54.1 Å². The van der Waals surface area contributed by atoms with Gasteiger partial charge in [0, 0.05) is 24.0 Å². The quantitative estimate of drug-likeness (QED) is 0.871. The van der Waals surface area contributed by atoms with E-state index in [1.807, 2.05) is 31.2 Å². The van der Waals surface area contributed by atoms with E-state index < -0.39 is 0 Å². The van der Waals surface area contributed by atoms with Gasteiger partial charge < -0.3 is 10.5 Å². The van der Waals surface area contributed by atoms with Crippen LogP contribution >= 0.6 is 0 Å². The van der Waals surface area contributed by atoms with Crippen LogP contribution < -0.4 is 10.5 Å². The molecule has 0 saturated carbocycles. The molecule has 0 unspecified atom stereocenters. The third-order valence-electron chi connectivity index (χ3n) is 2.39. The van der Waals surface area contributed by atoms with E-state index in [0.29, 0.717) is 12.4 Å². The van der Waals surface area contributed by atoms with Crippen molar-refractivity contribution in [3.8, 4) is 5.75 Å². The molecule has 17 heavy (non-hydrogen) atoms. The number of para-hydroxylation sites is 1. The Balaban J connectivity index is 2.09. The van der Waals surface area contributed by atoms with E-state index in [1.165, 1.54) is 0 Å². The minimum Gasteiger partial charge on any atom is -0.485 e. The van der Waals surface area contributed by atoms with Gasteiger partial charge in [-0.3, -0.25) is 0 Å². The van der Waals surface area contributed by atoms with Crippen LogP contribution in [0, 0.1) is 0 Å². The van der Waals surface area contributed by atoms with Gasteiger partial charge in [0.15, 0.2) is 5.82 Å². The van der Waals surface area contributed by atoms with Gasteiger partial charge in [-0.1, -0.05) is 18.2 Å². The Hall–Kier alpha value is -1.94. The van der Waals surface area contributed by atoms with Gasteiger partial charge in [0.25, 0.3) is 0 Å². The van der Waals surface area contributed by atoms with Gasteiger partial charge in [0.1, 0.15) is 12.4 Å². The molecule has 4 heteroatoms. The number of hydrogen-bond acceptors (Lipinski definition) is 4. The Morgan fingerprint density at radius 3 is 2.59 bits per heavy atom. The number of rotatable bonds is 4. The first-order valence-corrected chi connectivity index (χ1v) is 5.50.